The van der Waals surface area contributed by atoms with E-state index >= 15 is 0 Å². The molecule has 202 valence electrons. The second kappa shape index (κ2) is 9.70. The Morgan fingerprint density at radius 2 is 1.72 bits per heavy atom. The molecule has 0 aliphatic carbocycles. The third-order valence-corrected chi connectivity index (χ3v) is 8.06. The minimum absolute atomic E-state index is 0.130. The fourth-order valence-corrected chi connectivity index (χ4v) is 6.04. The van der Waals surface area contributed by atoms with E-state index in [0.717, 1.165) is 0 Å². The zero-order valence-electron chi connectivity index (χ0n) is 20.7. The molecular weight excluding hydrogens is 570 g/mol. The van der Waals surface area contributed by atoms with Crippen LogP contribution in [0.25, 0.3) is 0 Å². The summed E-state index contributed by atoms with van der Waals surface area (Å²) in [6, 6.07) is 12.1. The van der Waals surface area contributed by atoms with Gasteiger partial charge in [-0.15, -0.1) is 0 Å². The smallest absolute Gasteiger partial charge is 0.347 e. The fraction of sp³-hybridized carbons (Fsp3) is 0.250. The maximum Gasteiger partial charge on any atom is 0.347 e. The van der Waals surface area contributed by atoms with Crippen LogP contribution < -0.4 is 15.4 Å². The van der Waals surface area contributed by atoms with Crippen LogP contribution in [0.15, 0.2) is 54.6 Å². The number of carbonyl (C=O) groups is 3. The number of carbonyl (C=O) groups excluding carboxylic acids is 2. The Balaban J connectivity index is 1.82. The van der Waals surface area contributed by atoms with Gasteiger partial charge >= 0.3 is 5.97 Å². The van der Waals surface area contributed by atoms with Crippen LogP contribution in [0.5, 0.6) is 5.75 Å². The maximum absolute atomic E-state index is 14.5. The van der Waals surface area contributed by atoms with Gasteiger partial charge in [0.15, 0.2) is 5.60 Å². The Labute approximate surface area is 238 Å². The van der Waals surface area contributed by atoms with Gasteiger partial charge in [-0.05, 0) is 73.5 Å². The van der Waals surface area contributed by atoms with Gasteiger partial charge in [0.05, 0.1) is 6.04 Å². The Hall–Kier alpha value is -3.33. The number of amides is 2. The highest BCUT2D eigenvalue weighted by Crippen LogP contribution is 2.59. The third-order valence-electron chi connectivity index (χ3n) is 7.25. The van der Waals surface area contributed by atoms with Gasteiger partial charge in [0.1, 0.15) is 17.0 Å². The lowest BCUT2D eigenvalue weighted by molar-refractivity contribution is -0.152. The van der Waals surface area contributed by atoms with E-state index in [1.165, 1.54) is 44.2 Å². The molecule has 39 heavy (non-hydrogen) atoms. The number of hydrogen-bond acceptors (Lipinski definition) is 4. The van der Waals surface area contributed by atoms with Crippen LogP contribution in [0.1, 0.15) is 48.9 Å². The van der Waals surface area contributed by atoms with Crippen LogP contribution in [0.2, 0.25) is 15.1 Å². The van der Waals surface area contributed by atoms with Crippen LogP contribution >= 0.6 is 34.8 Å². The van der Waals surface area contributed by atoms with Crippen LogP contribution in [0, 0.1) is 5.82 Å². The van der Waals surface area contributed by atoms with Gasteiger partial charge in [0, 0.05) is 38.7 Å². The van der Waals surface area contributed by atoms with E-state index in [4.69, 9.17) is 39.5 Å². The topological polar surface area (TPSA) is 105 Å². The quantitative estimate of drug-likeness (QED) is 0.325. The van der Waals surface area contributed by atoms with Gasteiger partial charge in [-0.3, -0.25) is 9.59 Å². The van der Waals surface area contributed by atoms with E-state index in [1.54, 1.807) is 24.3 Å². The number of nitrogens with one attached hydrogen (secondary N) is 2. The molecule has 2 heterocycles. The number of carboxylic acid groups (broad SMARTS) is 1. The average Bonchev–Trinajstić information content (AvgIpc) is 3.14. The standard InChI is InChI=1S/C28H22Cl3FN2O5/c1-27(2,26(37)38)39-22-8-4-13(29)9-16(22)19-12-23(35)34-24(17-11-15(32)5-7-20(17)31)28(19)18-6-3-14(30)10-21(18)33-25(28)36/h3-11,19,24H,12H2,1-2H3,(H,33,36)(H,34,35)(H,37,38). The largest absolute Gasteiger partial charge is 0.478 e. The number of aliphatic carboxylic acids is 1. The van der Waals surface area contributed by atoms with Crippen molar-refractivity contribution in [3.8, 4) is 5.75 Å². The molecule has 3 aromatic rings. The number of fused-ring (bicyclic) bond motifs is 2. The highest BCUT2D eigenvalue weighted by molar-refractivity contribution is 6.32. The zero-order valence-corrected chi connectivity index (χ0v) is 22.9. The molecule has 1 fully saturated rings. The monoisotopic (exact) mass is 590 g/mol. The number of benzene rings is 3. The van der Waals surface area contributed by atoms with E-state index in [9.17, 15) is 23.9 Å². The molecule has 0 bridgehead atoms. The van der Waals surface area contributed by atoms with E-state index in [-0.39, 0.29) is 27.8 Å². The average molecular weight is 592 g/mol. The van der Waals surface area contributed by atoms with Crippen molar-refractivity contribution in [1.29, 1.82) is 0 Å². The molecule has 2 amide bonds. The van der Waals surface area contributed by atoms with Crippen LogP contribution in [-0.2, 0) is 19.8 Å². The molecule has 1 saturated heterocycles. The number of halogens is 4. The number of anilines is 1. The van der Waals surface area contributed by atoms with Gasteiger partial charge in [0.2, 0.25) is 11.8 Å². The lowest BCUT2D eigenvalue weighted by atomic mass is 9.59. The Morgan fingerprint density at radius 1 is 1.03 bits per heavy atom. The Kier molecular flexibility index (Phi) is 6.77. The van der Waals surface area contributed by atoms with E-state index < -0.39 is 46.6 Å². The molecule has 7 nitrogen and oxygen atoms in total. The number of rotatable bonds is 5. The summed E-state index contributed by atoms with van der Waals surface area (Å²) < 4.78 is 20.5. The molecule has 0 radical (unpaired) electrons. The lowest BCUT2D eigenvalue weighted by Gasteiger charge is -2.47. The summed E-state index contributed by atoms with van der Waals surface area (Å²) in [7, 11) is 0. The van der Waals surface area contributed by atoms with Crippen molar-refractivity contribution in [1.82, 2.24) is 5.32 Å². The molecule has 1 spiro atoms. The van der Waals surface area contributed by atoms with Crippen LogP contribution in [0.3, 0.4) is 0 Å². The molecule has 3 atom stereocenters. The first-order valence-corrected chi connectivity index (χ1v) is 13.1. The zero-order chi connectivity index (χ0) is 28.3. The number of carboxylic acids is 1. The Morgan fingerprint density at radius 3 is 2.44 bits per heavy atom. The first kappa shape index (κ1) is 27.2. The van der Waals surface area contributed by atoms with E-state index in [2.05, 4.69) is 10.6 Å². The molecule has 2 aliphatic rings. The second-order valence-electron chi connectivity index (χ2n) is 10.0. The first-order valence-electron chi connectivity index (χ1n) is 11.9. The van der Waals surface area contributed by atoms with Gasteiger partial charge in [0.25, 0.3) is 0 Å². The molecule has 0 saturated carbocycles. The van der Waals surface area contributed by atoms with Crippen molar-refractivity contribution < 1.29 is 28.6 Å². The minimum atomic E-state index is -1.65. The van der Waals surface area contributed by atoms with Crippen molar-refractivity contribution >= 4 is 58.3 Å². The van der Waals surface area contributed by atoms with Crippen molar-refractivity contribution in [2.75, 3.05) is 5.32 Å². The van der Waals surface area contributed by atoms with E-state index in [0.29, 0.717) is 21.8 Å². The van der Waals surface area contributed by atoms with Crippen LogP contribution in [-0.4, -0.2) is 28.5 Å². The van der Waals surface area contributed by atoms with Gasteiger partial charge < -0.3 is 20.5 Å². The maximum atomic E-state index is 14.5. The highest BCUT2D eigenvalue weighted by atomic mass is 35.5. The second-order valence-corrected chi connectivity index (χ2v) is 11.3. The molecule has 11 heteroatoms. The minimum Gasteiger partial charge on any atom is -0.478 e. The summed E-state index contributed by atoms with van der Waals surface area (Å²) in [6.45, 7) is 2.76. The van der Waals surface area contributed by atoms with Gasteiger partial charge in [-0.2, -0.15) is 0 Å². The third kappa shape index (κ3) is 4.50. The van der Waals surface area contributed by atoms with Gasteiger partial charge in [-0.1, -0.05) is 40.9 Å². The number of hydrogen-bond donors (Lipinski definition) is 3. The summed E-state index contributed by atoms with van der Waals surface area (Å²) in [4.78, 5) is 39.3. The van der Waals surface area contributed by atoms with Crippen molar-refractivity contribution in [2.24, 2.45) is 0 Å². The molecule has 3 unspecified atom stereocenters. The molecular formula is C28H22Cl3FN2O5. The first-order chi connectivity index (χ1) is 18.3. The van der Waals surface area contributed by atoms with Crippen molar-refractivity contribution in [3.05, 3.63) is 92.2 Å². The molecule has 3 aromatic carbocycles. The highest BCUT2D eigenvalue weighted by Gasteiger charge is 2.62. The number of piperidine rings is 1. The molecule has 2 aliphatic heterocycles. The number of ether oxygens (including phenoxy) is 1. The summed E-state index contributed by atoms with van der Waals surface area (Å²) >= 11 is 19.2. The Bertz CT molecular complexity index is 1550. The molecule has 0 aromatic heterocycles. The molecule has 5 rings (SSSR count). The molecule has 3 N–H and O–H groups in total. The summed E-state index contributed by atoms with van der Waals surface area (Å²) in [5.41, 5.74) is -1.77. The van der Waals surface area contributed by atoms with Crippen molar-refractivity contribution in [3.63, 3.8) is 0 Å². The van der Waals surface area contributed by atoms with E-state index in [1.807, 2.05) is 0 Å². The predicted molar refractivity (Wildman–Crippen MR) is 145 cm³/mol. The van der Waals surface area contributed by atoms with Crippen LogP contribution in [0.4, 0.5) is 10.1 Å². The summed E-state index contributed by atoms with van der Waals surface area (Å²) in [5.74, 6) is -3.55. The van der Waals surface area contributed by atoms with Gasteiger partial charge in [-0.25, -0.2) is 9.18 Å². The summed E-state index contributed by atoms with van der Waals surface area (Å²) in [6.07, 6.45) is -0.191. The summed E-state index contributed by atoms with van der Waals surface area (Å²) in [5, 5.41) is 16.2. The SMILES string of the molecule is CC(C)(Oc1ccc(Cl)cc1C1CC(=O)NC(c2cc(F)ccc2Cl)C12C(=O)Nc1cc(Cl)ccc12)C(=O)O. The normalized spacial score (nSPS) is 22.3. The predicted octanol–water partition coefficient (Wildman–Crippen LogP) is 6.26. The van der Waals surface area contributed by atoms with Crippen molar-refractivity contribution in [2.45, 2.75) is 43.2 Å². The fourth-order valence-electron chi connectivity index (χ4n) is 5.46. The lowest BCUT2D eigenvalue weighted by Crippen LogP contribution is -2.57.